The second-order valence-corrected chi connectivity index (χ2v) is 3.23. The largest absolute Gasteiger partial charge is 0.493 e. The molecule has 0 radical (unpaired) electrons. The first-order valence-corrected chi connectivity index (χ1v) is 4.57. The number of benzene rings is 1. The Morgan fingerprint density at radius 3 is 2.27 bits per heavy atom. The number of ether oxygens (including phenoxy) is 2. The van der Waals surface area contributed by atoms with Gasteiger partial charge < -0.3 is 20.0 Å². The molecule has 0 saturated carbocycles. The third-order valence-corrected chi connectivity index (χ3v) is 2.28. The summed E-state index contributed by atoms with van der Waals surface area (Å²) in [6, 6.07) is 2.91. The lowest BCUT2D eigenvalue weighted by Gasteiger charge is -2.14. The number of carbonyl (C=O) groups is 1. The summed E-state index contributed by atoms with van der Waals surface area (Å²) in [6.07, 6.45) is 0.703. The number of rotatable bonds is 4. The summed E-state index contributed by atoms with van der Waals surface area (Å²) in [6.45, 7) is 1.88. The van der Waals surface area contributed by atoms with Gasteiger partial charge in [0.05, 0.1) is 20.3 Å². The average Bonchev–Trinajstić information content (AvgIpc) is 2.27. The predicted octanol–water partition coefficient (Wildman–Crippen LogP) is 1.21. The summed E-state index contributed by atoms with van der Waals surface area (Å²) < 4.78 is 10.3. The molecule has 0 aliphatic rings. The van der Waals surface area contributed by atoms with E-state index >= 15 is 0 Å². The normalized spacial score (nSPS) is 12.0. The number of hydrogen-bond acceptors (Lipinski definition) is 4. The minimum absolute atomic E-state index is 0.579. The first-order valence-electron chi connectivity index (χ1n) is 4.57. The SMILES string of the molecule is COc1cc(C)c(C(N)C=O)cc1OC. The van der Waals surface area contributed by atoms with Crippen molar-refractivity contribution in [2.45, 2.75) is 13.0 Å². The Morgan fingerprint density at radius 2 is 1.80 bits per heavy atom. The molecule has 0 fully saturated rings. The third kappa shape index (κ3) is 2.27. The first kappa shape index (κ1) is 11.5. The minimum Gasteiger partial charge on any atom is -0.493 e. The van der Waals surface area contributed by atoms with Crippen molar-refractivity contribution in [1.29, 1.82) is 0 Å². The van der Waals surface area contributed by atoms with Crippen molar-refractivity contribution in [3.8, 4) is 11.5 Å². The molecular weight excluding hydrogens is 194 g/mol. The second-order valence-electron chi connectivity index (χ2n) is 3.23. The van der Waals surface area contributed by atoms with Crippen molar-refractivity contribution in [3.05, 3.63) is 23.3 Å². The molecule has 1 unspecified atom stereocenters. The van der Waals surface area contributed by atoms with E-state index in [-0.39, 0.29) is 0 Å². The lowest BCUT2D eigenvalue weighted by molar-refractivity contribution is -0.109. The monoisotopic (exact) mass is 209 g/mol. The van der Waals surface area contributed by atoms with Crippen LogP contribution in [0.25, 0.3) is 0 Å². The summed E-state index contributed by atoms with van der Waals surface area (Å²) in [5.41, 5.74) is 7.31. The molecule has 4 heteroatoms. The van der Waals surface area contributed by atoms with Gasteiger partial charge in [-0.1, -0.05) is 0 Å². The fourth-order valence-corrected chi connectivity index (χ4v) is 1.43. The molecule has 0 heterocycles. The maximum atomic E-state index is 10.6. The summed E-state index contributed by atoms with van der Waals surface area (Å²) in [5.74, 6) is 1.22. The van der Waals surface area contributed by atoms with Gasteiger partial charge in [0, 0.05) is 0 Å². The van der Waals surface area contributed by atoms with Gasteiger partial charge >= 0.3 is 0 Å². The molecule has 1 atom stereocenters. The average molecular weight is 209 g/mol. The van der Waals surface area contributed by atoms with Gasteiger partial charge in [0.15, 0.2) is 11.5 Å². The molecule has 0 amide bonds. The van der Waals surface area contributed by atoms with Crippen LogP contribution in [0.2, 0.25) is 0 Å². The van der Waals surface area contributed by atoms with Crippen LogP contribution in [-0.4, -0.2) is 20.5 Å². The Morgan fingerprint density at radius 1 is 1.27 bits per heavy atom. The van der Waals surface area contributed by atoms with Gasteiger partial charge in [0.25, 0.3) is 0 Å². The van der Waals surface area contributed by atoms with Gasteiger partial charge in [-0.3, -0.25) is 0 Å². The van der Waals surface area contributed by atoms with Gasteiger partial charge in [0.2, 0.25) is 0 Å². The second kappa shape index (κ2) is 4.79. The highest BCUT2D eigenvalue weighted by atomic mass is 16.5. The fourth-order valence-electron chi connectivity index (χ4n) is 1.43. The molecule has 0 spiro atoms. The van der Waals surface area contributed by atoms with Crippen molar-refractivity contribution in [1.82, 2.24) is 0 Å². The van der Waals surface area contributed by atoms with Crippen LogP contribution >= 0.6 is 0 Å². The van der Waals surface area contributed by atoms with Crippen LogP contribution in [0.4, 0.5) is 0 Å². The Labute approximate surface area is 89.0 Å². The molecule has 1 aromatic rings. The Hall–Kier alpha value is -1.55. The quantitative estimate of drug-likeness (QED) is 0.757. The minimum atomic E-state index is -0.621. The predicted molar refractivity (Wildman–Crippen MR) is 57.3 cm³/mol. The van der Waals surface area contributed by atoms with Crippen LogP contribution in [0.1, 0.15) is 17.2 Å². The van der Waals surface area contributed by atoms with Crippen LogP contribution in [0, 0.1) is 6.92 Å². The first-order chi connectivity index (χ1) is 7.13. The summed E-state index contributed by atoms with van der Waals surface area (Å²) in [7, 11) is 3.11. The summed E-state index contributed by atoms with van der Waals surface area (Å²) >= 11 is 0. The van der Waals surface area contributed by atoms with Gasteiger partial charge in [-0.2, -0.15) is 0 Å². The van der Waals surface area contributed by atoms with E-state index < -0.39 is 6.04 Å². The zero-order valence-corrected chi connectivity index (χ0v) is 9.11. The molecule has 4 nitrogen and oxygen atoms in total. The van der Waals surface area contributed by atoms with E-state index in [2.05, 4.69) is 0 Å². The maximum absolute atomic E-state index is 10.6. The highest BCUT2D eigenvalue weighted by molar-refractivity contribution is 5.64. The molecule has 82 valence electrons. The Balaban J connectivity index is 3.25. The van der Waals surface area contributed by atoms with Gasteiger partial charge in [-0.05, 0) is 30.2 Å². The Bertz CT molecular complexity index is 363. The molecule has 2 N–H and O–H groups in total. The van der Waals surface area contributed by atoms with Crippen LogP contribution in [0.3, 0.4) is 0 Å². The van der Waals surface area contributed by atoms with Crippen LogP contribution in [-0.2, 0) is 4.79 Å². The molecule has 0 saturated heterocycles. The van der Waals surface area contributed by atoms with E-state index in [1.807, 2.05) is 6.92 Å². The van der Waals surface area contributed by atoms with Gasteiger partial charge in [-0.25, -0.2) is 0 Å². The van der Waals surface area contributed by atoms with E-state index in [4.69, 9.17) is 15.2 Å². The zero-order chi connectivity index (χ0) is 11.4. The van der Waals surface area contributed by atoms with Crippen LogP contribution < -0.4 is 15.2 Å². The highest BCUT2D eigenvalue weighted by Crippen LogP contribution is 2.31. The van der Waals surface area contributed by atoms with Crippen LogP contribution in [0.15, 0.2) is 12.1 Å². The molecule has 0 aromatic heterocycles. The number of aryl methyl sites for hydroxylation is 1. The van der Waals surface area contributed by atoms with Gasteiger partial charge in [-0.15, -0.1) is 0 Å². The smallest absolute Gasteiger partial charge is 0.161 e. The lowest BCUT2D eigenvalue weighted by Crippen LogP contribution is -2.13. The fraction of sp³-hybridized carbons (Fsp3) is 0.364. The van der Waals surface area contributed by atoms with Gasteiger partial charge in [0.1, 0.15) is 6.29 Å². The molecule has 1 rings (SSSR count). The maximum Gasteiger partial charge on any atom is 0.161 e. The number of methoxy groups -OCH3 is 2. The van der Waals surface area contributed by atoms with Crippen molar-refractivity contribution >= 4 is 6.29 Å². The van der Waals surface area contributed by atoms with Crippen molar-refractivity contribution < 1.29 is 14.3 Å². The molecule has 0 aliphatic carbocycles. The Kier molecular flexibility index (Phi) is 3.68. The van der Waals surface area contributed by atoms with E-state index in [9.17, 15) is 4.79 Å². The topological polar surface area (TPSA) is 61.5 Å². The van der Waals surface area contributed by atoms with E-state index in [0.717, 1.165) is 11.1 Å². The molecule has 1 aromatic carbocycles. The third-order valence-electron chi connectivity index (χ3n) is 2.28. The number of carbonyl (C=O) groups excluding carboxylic acids is 1. The van der Waals surface area contributed by atoms with Crippen LogP contribution in [0.5, 0.6) is 11.5 Å². The van der Waals surface area contributed by atoms with Crippen molar-refractivity contribution in [2.24, 2.45) is 5.73 Å². The van der Waals surface area contributed by atoms with Crippen molar-refractivity contribution in [3.63, 3.8) is 0 Å². The van der Waals surface area contributed by atoms with E-state index in [0.29, 0.717) is 17.8 Å². The van der Waals surface area contributed by atoms with E-state index in [1.54, 1.807) is 26.4 Å². The van der Waals surface area contributed by atoms with Crippen molar-refractivity contribution in [2.75, 3.05) is 14.2 Å². The summed E-state index contributed by atoms with van der Waals surface area (Å²) in [4.78, 5) is 10.6. The molecule has 15 heavy (non-hydrogen) atoms. The molecule has 0 bridgehead atoms. The molecule has 0 aliphatic heterocycles. The molecular formula is C11H15NO3. The number of aldehydes is 1. The number of nitrogens with two attached hydrogens (primary N) is 1. The number of hydrogen-bond donors (Lipinski definition) is 1. The lowest BCUT2D eigenvalue weighted by atomic mass is 10.0. The standard InChI is InChI=1S/C11H15NO3/c1-7-4-10(14-2)11(15-3)5-8(7)9(12)6-13/h4-6,9H,12H2,1-3H3. The highest BCUT2D eigenvalue weighted by Gasteiger charge is 2.13. The summed E-state index contributed by atoms with van der Waals surface area (Å²) in [5, 5.41) is 0. The zero-order valence-electron chi connectivity index (χ0n) is 9.11. The van der Waals surface area contributed by atoms with E-state index in [1.165, 1.54) is 0 Å².